The average molecular weight is 436 g/mol. The van der Waals surface area contributed by atoms with Crippen molar-refractivity contribution in [3.63, 3.8) is 0 Å². The molecule has 0 aliphatic carbocycles. The third-order valence-electron chi connectivity index (χ3n) is 5.39. The second kappa shape index (κ2) is 9.01. The van der Waals surface area contributed by atoms with Crippen molar-refractivity contribution in [2.45, 2.75) is 6.61 Å². The Hall–Kier alpha value is -4.38. The lowest BCUT2D eigenvalue weighted by Gasteiger charge is -2.10. The molecule has 2 N–H and O–H groups in total. The summed E-state index contributed by atoms with van der Waals surface area (Å²) in [5.41, 5.74) is 12.0. The molecule has 0 amide bonds. The highest BCUT2D eigenvalue weighted by atomic mass is 19.1. The summed E-state index contributed by atoms with van der Waals surface area (Å²) in [6, 6.07) is 33.9. The number of halogens is 1. The normalized spacial score (nSPS) is 10.8. The number of aromatic nitrogens is 2. The van der Waals surface area contributed by atoms with Crippen molar-refractivity contribution in [2.75, 3.05) is 5.73 Å². The molecule has 1 heterocycles. The number of hydrogen-bond acceptors (Lipinski definition) is 3. The van der Waals surface area contributed by atoms with Crippen LogP contribution >= 0.6 is 0 Å². The van der Waals surface area contributed by atoms with E-state index in [1.807, 2.05) is 89.6 Å². The number of ether oxygens (including phenoxy) is 1. The number of anilines is 1. The van der Waals surface area contributed by atoms with Crippen LogP contribution in [0.2, 0.25) is 0 Å². The van der Waals surface area contributed by atoms with Gasteiger partial charge in [-0.15, -0.1) is 0 Å². The molecule has 0 aliphatic heterocycles. The second-order valence-corrected chi connectivity index (χ2v) is 7.72. The molecular formula is C28H22FN3O. The van der Waals surface area contributed by atoms with Gasteiger partial charge in [-0.3, -0.25) is 0 Å². The fourth-order valence-electron chi connectivity index (χ4n) is 3.62. The highest BCUT2D eigenvalue weighted by Crippen LogP contribution is 2.30. The Labute approximate surface area is 191 Å². The first-order valence-corrected chi connectivity index (χ1v) is 10.6. The molecule has 0 unspecified atom stereocenters. The van der Waals surface area contributed by atoms with Gasteiger partial charge in [0.2, 0.25) is 0 Å². The van der Waals surface area contributed by atoms with E-state index in [2.05, 4.69) is 0 Å². The lowest BCUT2D eigenvalue weighted by atomic mass is 10.1. The van der Waals surface area contributed by atoms with E-state index in [1.165, 1.54) is 12.1 Å². The summed E-state index contributed by atoms with van der Waals surface area (Å²) in [7, 11) is 0. The molecule has 0 saturated heterocycles. The summed E-state index contributed by atoms with van der Waals surface area (Å²) >= 11 is 0. The van der Waals surface area contributed by atoms with Crippen LogP contribution in [-0.4, -0.2) is 9.78 Å². The number of nitrogen functional groups attached to an aromatic ring is 1. The zero-order valence-corrected chi connectivity index (χ0v) is 17.9. The summed E-state index contributed by atoms with van der Waals surface area (Å²) in [6.45, 7) is 0.509. The Bertz CT molecular complexity index is 1340. The fourth-order valence-corrected chi connectivity index (χ4v) is 3.62. The Morgan fingerprint density at radius 3 is 2.12 bits per heavy atom. The molecule has 33 heavy (non-hydrogen) atoms. The molecule has 4 nitrogen and oxygen atoms in total. The van der Waals surface area contributed by atoms with Crippen molar-refractivity contribution < 1.29 is 9.13 Å². The summed E-state index contributed by atoms with van der Waals surface area (Å²) in [4.78, 5) is 0. The maximum absolute atomic E-state index is 13.5. The van der Waals surface area contributed by atoms with Crippen molar-refractivity contribution in [1.82, 2.24) is 9.78 Å². The standard InChI is InChI=1S/C28H22FN3O/c29-23-10-14-25(15-11-23)32-28(18-27(31-32)21-6-12-24(30)13-7-21)22-8-16-26(17-9-22)33-19-20-4-2-1-3-5-20/h1-18H,19,30H2. The third kappa shape index (κ3) is 4.62. The van der Waals surface area contributed by atoms with Gasteiger partial charge >= 0.3 is 0 Å². The Morgan fingerprint density at radius 2 is 1.42 bits per heavy atom. The first kappa shape index (κ1) is 20.5. The largest absolute Gasteiger partial charge is 0.489 e. The highest BCUT2D eigenvalue weighted by Gasteiger charge is 2.14. The predicted octanol–water partition coefficient (Wildman–Crippen LogP) is 6.51. The third-order valence-corrected chi connectivity index (χ3v) is 5.39. The quantitative estimate of drug-likeness (QED) is 0.310. The molecule has 5 aromatic rings. The van der Waals surface area contributed by atoms with Crippen LogP contribution in [-0.2, 0) is 6.61 Å². The minimum Gasteiger partial charge on any atom is -0.489 e. The zero-order valence-electron chi connectivity index (χ0n) is 17.9. The molecule has 5 heteroatoms. The molecule has 0 bridgehead atoms. The van der Waals surface area contributed by atoms with Crippen molar-refractivity contribution >= 4 is 5.69 Å². The fraction of sp³-hybridized carbons (Fsp3) is 0.0357. The molecule has 0 fully saturated rings. The molecule has 5 rings (SSSR count). The van der Waals surface area contributed by atoms with Crippen LogP contribution in [0, 0.1) is 5.82 Å². The van der Waals surface area contributed by atoms with Crippen molar-refractivity contribution in [2.24, 2.45) is 0 Å². The molecule has 4 aromatic carbocycles. The maximum atomic E-state index is 13.5. The van der Waals surface area contributed by atoms with Crippen LogP contribution < -0.4 is 10.5 Å². The molecule has 162 valence electrons. The molecule has 0 radical (unpaired) electrons. The Morgan fingerprint density at radius 1 is 0.758 bits per heavy atom. The van der Waals surface area contributed by atoms with E-state index in [0.29, 0.717) is 12.3 Å². The number of rotatable bonds is 6. The van der Waals surface area contributed by atoms with Gasteiger partial charge in [0, 0.05) is 16.8 Å². The van der Waals surface area contributed by atoms with E-state index < -0.39 is 0 Å². The van der Waals surface area contributed by atoms with Gasteiger partial charge in [-0.2, -0.15) is 5.10 Å². The van der Waals surface area contributed by atoms with E-state index in [4.69, 9.17) is 15.6 Å². The minimum atomic E-state index is -0.286. The molecule has 0 saturated carbocycles. The molecule has 1 aromatic heterocycles. The number of nitrogens with zero attached hydrogens (tertiary/aromatic N) is 2. The minimum absolute atomic E-state index is 0.286. The Balaban J connectivity index is 1.48. The predicted molar refractivity (Wildman–Crippen MR) is 130 cm³/mol. The smallest absolute Gasteiger partial charge is 0.123 e. The highest BCUT2D eigenvalue weighted by molar-refractivity contribution is 5.71. The van der Waals surface area contributed by atoms with E-state index in [0.717, 1.165) is 39.5 Å². The number of nitrogens with two attached hydrogens (primary N) is 1. The second-order valence-electron chi connectivity index (χ2n) is 7.72. The topological polar surface area (TPSA) is 53.1 Å². The molecule has 0 atom stereocenters. The van der Waals surface area contributed by atoms with Gasteiger partial charge in [0.25, 0.3) is 0 Å². The summed E-state index contributed by atoms with van der Waals surface area (Å²) < 4.78 is 21.3. The van der Waals surface area contributed by atoms with Crippen LogP contribution in [0.25, 0.3) is 28.2 Å². The van der Waals surface area contributed by atoms with Crippen molar-refractivity contribution in [3.8, 4) is 34.0 Å². The average Bonchev–Trinajstić information content (AvgIpc) is 3.30. The first-order valence-electron chi connectivity index (χ1n) is 10.6. The van der Waals surface area contributed by atoms with E-state index in [9.17, 15) is 4.39 Å². The summed E-state index contributed by atoms with van der Waals surface area (Å²) in [5, 5.41) is 4.81. The SMILES string of the molecule is Nc1ccc(-c2cc(-c3ccc(OCc4ccccc4)cc3)n(-c3ccc(F)cc3)n2)cc1. The number of hydrogen-bond donors (Lipinski definition) is 1. The summed E-state index contributed by atoms with van der Waals surface area (Å²) in [6.07, 6.45) is 0. The van der Waals surface area contributed by atoms with Crippen LogP contribution in [0.3, 0.4) is 0 Å². The molecule has 0 aliphatic rings. The monoisotopic (exact) mass is 435 g/mol. The van der Waals surface area contributed by atoms with Crippen LogP contribution in [0.15, 0.2) is 109 Å². The van der Waals surface area contributed by atoms with E-state index in [1.54, 1.807) is 12.1 Å². The van der Waals surface area contributed by atoms with Gasteiger partial charge in [0.1, 0.15) is 18.2 Å². The molecule has 0 spiro atoms. The zero-order chi connectivity index (χ0) is 22.6. The first-order chi connectivity index (χ1) is 16.2. The maximum Gasteiger partial charge on any atom is 0.123 e. The van der Waals surface area contributed by atoms with Crippen molar-refractivity contribution in [1.29, 1.82) is 0 Å². The van der Waals surface area contributed by atoms with Gasteiger partial charge in [0.05, 0.1) is 17.1 Å². The van der Waals surface area contributed by atoms with Crippen LogP contribution in [0.4, 0.5) is 10.1 Å². The molecular weight excluding hydrogens is 413 g/mol. The lowest BCUT2D eigenvalue weighted by Crippen LogP contribution is -1.99. The van der Waals surface area contributed by atoms with Gasteiger partial charge in [0.15, 0.2) is 0 Å². The number of benzene rings is 4. The van der Waals surface area contributed by atoms with Gasteiger partial charge in [-0.05, 0) is 72.3 Å². The van der Waals surface area contributed by atoms with Gasteiger partial charge in [-0.1, -0.05) is 42.5 Å². The summed E-state index contributed by atoms with van der Waals surface area (Å²) in [5.74, 6) is 0.500. The van der Waals surface area contributed by atoms with Gasteiger partial charge in [-0.25, -0.2) is 9.07 Å². The van der Waals surface area contributed by atoms with E-state index in [-0.39, 0.29) is 5.82 Å². The Kier molecular flexibility index (Phi) is 5.60. The lowest BCUT2D eigenvalue weighted by molar-refractivity contribution is 0.306. The van der Waals surface area contributed by atoms with E-state index >= 15 is 0 Å². The van der Waals surface area contributed by atoms with Crippen LogP contribution in [0.5, 0.6) is 5.75 Å². The van der Waals surface area contributed by atoms with Crippen molar-refractivity contribution in [3.05, 3.63) is 121 Å². The van der Waals surface area contributed by atoms with Crippen LogP contribution in [0.1, 0.15) is 5.56 Å². The van der Waals surface area contributed by atoms with Gasteiger partial charge < -0.3 is 10.5 Å².